The number of aromatic nitrogens is 1. The van der Waals surface area contributed by atoms with Gasteiger partial charge in [-0.3, -0.25) is 9.59 Å². The number of methoxy groups -OCH3 is 1. The first-order valence-electron chi connectivity index (χ1n) is 8.29. The van der Waals surface area contributed by atoms with Crippen molar-refractivity contribution in [3.05, 3.63) is 23.5 Å². The number of hydrogen-bond donors (Lipinski definition) is 1. The third kappa shape index (κ3) is 2.87. The van der Waals surface area contributed by atoms with E-state index in [1.54, 1.807) is 13.3 Å². The molecule has 1 spiro atoms. The van der Waals surface area contributed by atoms with Crippen molar-refractivity contribution < 1.29 is 14.3 Å². The molecule has 2 amide bonds. The van der Waals surface area contributed by atoms with Crippen molar-refractivity contribution in [3.8, 4) is 0 Å². The molecule has 6 nitrogen and oxygen atoms in total. The molecule has 0 radical (unpaired) electrons. The van der Waals surface area contributed by atoms with Crippen LogP contribution in [0.25, 0.3) is 0 Å². The Labute approximate surface area is 136 Å². The normalized spacial score (nSPS) is 24.7. The molecule has 2 saturated heterocycles. The molecule has 6 heteroatoms. The molecule has 0 unspecified atom stereocenters. The van der Waals surface area contributed by atoms with Crippen LogP contribution in [-0.2, 0) is 9.53 Å². The zero-order valence-corrected chi connectivity index (χ0v) is 13.9. The standard InChI is InChI=1S/C17H25N3O3/c1-13-14(4-7-18-13)15(21)20-9-6-17(12-20)5-3-8-19(16(17)22)10-11-23-2/h4,7,18H,3,5-6,8-12H2,1-2H3/t17-/m1/s1. The third-order valence-electron chi connectivity index (χ3n) is 5.21. The molecular weight excluding hydrogens is 294 g/mol. The number of aromatic amines is 1. The Morgan fingerprint density at radius 3 is 2.91 bits per heavy atom. The monoisotopic (exact) mass is 319 g/mol. The number of nitrogens with one attached hydrogen (secondary N) is 1. The molecule has 1 atom stereocenters. The van der Waals surface area contributed by atoms with Crippen molar-refractivity contribution in [3.63, 3.8) is 0 Å². The van der Waals surface area contributed by atoms with E-state index in [1.165, 1.54) is 0 Å². The van der Waals surface area contributed by atoms with Gasteiger partial charge in [-0.25, -0.2) is 0 Å². The van der Waals surface area contributed by atoms with Crippen molar-refractivity contribution in [2.45, 2.75) is 26.2 Å². The predicted octanol–water partition coefficient (Wildman–Crippen LogP) is 1.42. The first-order chi connectivity index (χ1) is 11.1. The number of likely N-dealkylation sites (tertiary alicyclic amines) is 2. The molecule has 0 aromatic carbocycles. The van der Waals surface area contributed by atoms with Gasteiger partial charge in [-0.2, -0.15) is 0 Å². The van der Waals surface area contributed by atoms with Gasteiger partial charge in [0.2, 0.25) is 5.91 Å². The number of rotatable bonds is 4. The molecule has 2 aliphatic rings. The van der Waals surface area contributed by atoms with Gasteiger partial charge in [-0.15, -0.1) is 0 Å². The quantitative estimate of drug-likeness (QED) is 0.913. The van der Waals surface area contributed by atoms with Crippen molar-refractivity contribution >= 4 is 11.8 Å². The van der Waals surface area contributed by atoms with E-state index in [0.29, 0.717) is 31.8 Å². The molecule has 2 aliphatic heterocycles. The number of carbonyl (C=O) groups is 2. The van der Waals surface area contributed by atoms with E-state index in [0.717, 1.165) is 31.5 Å². The molecular formula is C17H25N3O3. The van der Waals surface area contributed by atoms with E-state index in [4.69, 9.17) is 4.74 Å². The Morgan fingerprint density at radius 2 is 2.22 bits per heavy atom. The van der Waals surface area contributed by atoms with E-state index in [1.807, 2.05) is 22.8 Å². The first-order valence-corrected chi connectivity index (χ1v) is 8.29. The number of carbonyl (C=O) groups excluding carboxylic acids is 2. The Bertz CT molecular complexity index is 598. The van der Waals surface area contributed by atoms with E-state index in [9.17, 15) is 9.59 Å². The smallest absolute Gasteiger partial charge is 0.255 e. The van der Waals surface area contributed by atoms with Crippen LogP contribution in [0.3, 0.4) is 0 Å². The lowest BCUT2D eigenvalue weighted by atomic mass is 9.78. The number of aryl methyl sites for hydroxylation is 1. The molecule has 126 valence electrons. The Hall–Kier alpha value is -1.82. The largest absolute Gasteiger partial charge is 0.383 e. The van der Waals surface area contributed by atoms with Crippen LogP contribution < -0.4 is 0 Å². The van der Waals surface area contributed by atoms with Gasteiger partial charge in [0.1, 0.15) is 0 Å². The van der Waals surface area contributed by atoms with Crippen LogP contribution in [0.4, 0.5) is 0 Å². The van der Waals surface area contributed by atoms with Gasteiger partial charge < -0.3 is 19.5 Å². The lowest BCUT2D eigenvalue weighted by molar-refractivity contribution is -0.146. The van der Waals surface area contributed by atoms with Crippen molar-refractivity contribution in [1.82, 2.24) is 14.8 Å². The number of hydrogen-bond acceptors (Lipinski definition) is 3. The van der Waals surface area contributed by atoms with Crippen LogP contribution in [0.2, 0.25) is 0 Å². The summed E-state index contributed by atoms with van der Waals surface area (Å²) in [5.41, 5.74) is 1.21. The van der Waals surface area contributed by atoms with Crippen LogP contribution in [0, 0.1) is 12.3 Å². The first kappa shape index (κ1) is 16.1. The summed E-state index contributed by atoms with van der Waals surface area (Å²) in [7, 11) is 1.65. The van der Waals surface area contributed by atoms with Crippen LogP contribution >= 0.6 is 0 Å². The number of piperidine rings is 1. The van der Waals surface area contributed by atoms with Gasteiger partial charge >= 0.3 is 0 Å². The highest BCUT2D eigenvalue weighted by Crippen LogP contribution is 2.40. The van der Waals surface area contributed by atoms with Crippen LogP contribution in [-0.4, -0.2) is 66.5 Å². The molecule has 3 rings (SSSR count). The maximum Gasteiger partial charge on any atom is 0.255 e. The van der Waals surface area contributed by atoms with Gasteiger partial charge in [0.25, 0.3) is 5.91 Å². The van der Waals surface area contributed by atoms with Crippen molar-refractivity contribution in [2.24, 2.45) is 5.41 Å². The fraction of sp³-hybridized carbons (Fsp3) is 0.647. The molecule has 3 heterocycles. The van der Waals surface area contributed by atoms with Crippen LogP contribution in [0.1, 0.15) is 35.3 Å². The van der Waals surface area contributed by atoms with E-state index >= 15 is 0 Å². The summed E-state index contributed by atoms with van der Waals surface area (Å²) in [6.45, 7) is 5.10. The zero-order chi connectivity index (χ0) is 16.4. The number of amides is 2. The second kappa shape index (κ2) is 6.35. The van der Waals surface area contributed by atoms with Crippen molar-refractivity contribution in [2.75, 3.05) is 39.9 Å². The zero-order valence-electron chi connectivity index (χ0n) is 13.9. The molecule has 1 aromatic heterocycles. The SMILES string of the molecule is COCCN1CCC[C@]2(CCN(C(=O)c3cc[nH]c3C)C2)C1=O. The second-order valence-corrected chi connectivity index (χ2v) is 6.66. The van der Waals surface area contributed by atoms with Gasteiger partial charge in [0, 0.05) is 45.2 Å². The topological polar surface area (TPSA) is 65.6 Å². The molecule has 0 bridgehead atoms. The van der Waals surface area contributed by atoms with Crippen LogP contribution in [0.5, 0.6) is 0 Å². The molecule has 0 aliphatic carbocycles. The van der Waals surface area contributed by atoms with Gasteiger partial charge in [-0.1, -0.05) is 0 Å². The fourth-order valence-corrected chi connectivity index (χ4v) is 3.85. The highest BCUT2D eigenvalue weighted by atomic mass is 16.5. The fourth-order valence-electron chi connectivity index (χ4n) is 3.85. The Kier molecular flexibility index (Phi) is 4.43. The lowest BCUT2D eigenvalue weighted by Crippen LogP contribution is -2.51. The van der Waals surface area contributed by atoms with Crippen LogP contribution in [0.15, 0.2) is 12.3 Å². The van der Waals surface area contributed by atoms with E-state index in [-0.39, 0.29) is 17.2 Å². The highest BCUT2D eigenvalue weighted by molar-refractivity contribution is 5.96. The average molecular weight is 319 g/mol. The molecule has 2 fully saturated rings. The predicted molar refractivity (Wildman–Crippen MR) is 86.2 cm³/mol. The average Bonchev–Trinajstić information content (AvgIpc) is 3.16. The number of H-pyrrole nitrogens is 1. The summed E-state index contributed by atoms with van der Waals surface area (Å²) in [6, 6.07) is 1.82. The Balaban J connectivity index is 1.71. The Morgan fingerprint density at radius 1 is 1.39 bits per heavy atom. The molecule has 1 aromatic rings. The minimum atomic E-state index is -0.383. The lowest BCUT2D eigenvalue weighted by Gasteiger charge is -2.39. The van der Waals surface area contributed by atoms with E-state index in [2.05, 4.69) is 4.98 Å². The van der Waals surface area contributed by atoms with Gasteiger partial charge in [-0.05, 0) is 32.3 Å². The maximum atomic E-state index is 12.9. The van der Waals surface area contributed by atoms with Gasteiger partial charge in [0.15, 0.2) is 0 Å². The minimum Gasteiger partial charge on any atom is -0.383 e. The maximum absolute atomic E-state index is 12.9. The number of nitrogens with zero attached hydrogens (tertiary/aromatic N) is 2. The summed E-state index contributed by atoms with van der Waals surface area (Å²) in [6.07, 6.45) is 4.43. The minimum absolute atomic E-state index is 0.0300. The summed E-state index contributed by atoms with van der Waals surface area (Å²) in [5.74, 6) is 0.226. The second-order valence-electron chi connectivity index (χ2n) is 6.66. The molecule has 0 saturated carbocycles. The molecule has 23 heavy (non-hydrogen) atoms. The van der Waals surface area contributed by atoms with Gasteiger partial charge in [0.05, 0.1) is 17.6 Å². The summed E-state index contributed by atoms with van der Waals surface area (Å²) < 4.78 is 5.10. The highest BCUT2D eigenvalue weighted by Gasteiger charge is 2.49. The third-order valence-corrected chi connectivity index (χ3v) is 5.21. The van der Waals surface area contributed by atoms with E-state index < -0.39 is 0 Å². The molecule has 1 N–H and O–H groups in total. The van der Waals surface area contributed by atoms with Crippen molar-refractivity contribution in [1.29, 1.82) is 0 Å². The summed E-state index contributed by atoms with van der Waals surface area (Å²) >= 11 is 0. The number of ether oxygens (including phenoxy) is 1. The summed E-state index contributed by atoms with van der Waals surface area (Å²) in [4.78, 5) is 32.4. The summed E-state index contributed by atoms with van der Waals surface area (Å²) in [5, 5.41) is 0.